The molecule has 0 aliphatic heterocycles. The lowest BCUT2D eigenvalue weighted by molar-refractivity contribution is -0.144. The van der Waals surface area contributed by atoms with E-state index in [2.05, 4.69) is 0 Å². The van der Waals surface area contributed by atoms with Gasteiger partial charge in [-0.15, -0.1) is 0 Å². The summed E-state index contributed by atoms with van der Waals surface area (Å²) >= 11 is 0. The average Bonchev–Trinajstić information content (AvgIpc) is 2.78. The molecule has 3 rings (SSSR count). The second-order valence-electron chi connectivity index (χ2n) is 8.98. The summed E-state index contributed by atoms with van der Waals surface area (Å²) < 4.78 is 28.5. The van der Waals surface area contributed by atoms with Crippen LogP contribution < -0.4 is 17.0 Å². The molecule has 0 saturated heterocycles. The molecule has 0 amide bonds. The van der Waals surface area contributed by atoms with Crippen LogP contribution in [-0.2, 0) is 11.2 Å². The van der Waals surface area contributed by atoms with E-state index in [1.165, 1.54) is 6.07 Å². The lowest BCUT2D eigenvalue weighted by atomic mass is 9.84. The monoisotopic (exact) mass is 483 g/mol. The quantitative estimate of drug-likeness (QED) is 0.398. The van der Waals surface area contributed by atoms with Gasteiger partial charge < -0.3 is 16.6 Å². The van der Waals surface area contributed by atoms with Gasteiger partial charge in [0, 0.05) is 12.1 Å². The molecular weight excluding hydrogens is 456 g/mol. The maximum absolute atomic E-state index is 14.1. The standard InChI is InChI=1S/C26H27F2N3O4/c1-15(2)14-26(30,25(34)35)12-11-16-3-6-18(7-4-16)31-22(32)10-9-20(24(31)29)23(33)19-8-5-17(27)13-21(19)28/h3-10,13,15H,11-12,14,29-30H2,1-2H3,(H,34,35)/t26-/m1/s1. The van der Waals surface area contributed by atoms with Crippen molar-refractivity contribution in [2.75, 3.05) is 5.73 Å². The van der Waals surface area contributed by atoms with Gasteiger partial charge in [-0.3, -0.25) is 19.0 Å². The predicted molar refractivity (Wildman–Crippen MR) is 129 cm³/mol. The number of rotatable bonds is 9. The minimum absolute atomic E-state index is 0.109. The van der Waals surface area contributed by atoms with E-state index in [0.29, 0.717) is 24.6 Å². The number of ketones is 1. The maximum atomic E-state index is 14.1. The molecule has 0 aliphatic rings. The highest BCUT2D eigenvalue weighted by Crippen LogP contribution is 2.23. The smallest absolute Gasteiger partial charge is 0.323 e. The average molecular weight is 484 g/mol. The Labute approximate surface area is 201 Å². The number of anilines is 1. The van der Waals surface area contributed by atoms with E-state index in [9.17, 15) is 28.3 Å². The van der Waals surface area contributed by atoms with E-state index in [0.717, 1.165) is 28.3 Å². The highest BCUT2D eigenvalue weighted by atomic mass is 19.1. The second-order valence-corrected chi connectivity index (χ2v) is 8.98. The number of halogens is 2. The molecule has 0 aliphatic carbocycles. The molecule has 7 nitrogen and oxygen atoms in total. The lowest BCUT2D eigenvalue weighted by Crippen LogP contribution is -2.49. The molecule has 9 heteroatoms. The van der Waals surface area contributed by atoms with Gasteiger partial charge in [-0.1, -0.05) is 26.0 Å². The molecule has 3 aromatic rings. The third-order valence-corrected chi connectivity index (χ3v) is 5.80. The number of carbonyl (C=O) groups excluding carboxylic acids is 1. The van der Waals surface area contributed by atoms with Crippen molar-refractivity contribution in [1.82, 2.24) is 4.57 Å². The molecule has 1 heterocycles. The van der Waals surface area contributed by atoms with E-state index in [1.54, 1.807) is 24.3 Å². The number of aliphatic carboxylic acids is 1. The summed E-state index contributed by atoms with van der Waals surface area (Å²) in [5, 5.41) is 9.55. The van der Waals surface area contributed by atoms with Crippen molar-refractivity contribution >= 4 is 17.6 Å². The van der Waals surface area contributed by atoms with Gasteiger partial charge >= 0.3 is 5.97 Å². The lowest BCUT2D eigenvalue weighted by Gasteiger charge is -2.26. The summed E-state index contributed by atoms with van der Waals surface area (Å²) in [6.07, 6.45) is 0.972. The Morgan fingerprint density at radius 1 is 1.03 bits per heavy atom. The predicted octanol–water partition coefficient (Wildman–Crippen LogP) is 3.69. The Balaban J connectivity index is 1.89. The summed E-state index contributed by atoms with van der Waals surface area (Å²) in [6, 6.07) is 11.6. The number of carboxylic acid groups (broad SMARTS) is 1. The highest BCUT2D eigenvalue weighted by molar-refractivity contribution is 6.11. The Morgan fingerprint density at radius 3 is 2.23 bits per heavy atom. The first kappa shape index (κ1) is 25.8. The van der Waals surface area contributed by atoms with Crippen LogP contribution in [0, 0.1) is 17.6 Å². The van der Waals surface area contributed by atoms with Crippen LogP contribution in [-0.4, -0.2) is 27.0 Å². The first-order valence-electron chi connectivity index (χ1n) is 11.1. The summed E-state index contributed by atoms with van der Waals surface area (Å²) in [7, 11) is 0. The van der Waals surface area contributed by atoms with Crippen LogP contribution in [0.5, 0.6) is 0 Å². The van der Waals surface area contributed by atoms with Gasteiger partial charge in [0.05, 0.1) is 16.8 Å². The molecule has 1 aromatic heterocycles. The molecule has 1 atom stereocenters. The first-order chi connectivity index (χ1) is 16.4. The van der Waals surface area contributed by atoms with Crippen LogP contribution in [0.3, 0.4) is 0 Å². The number of nitrogens with zero attached hydrogens (tertiary/aromatic N) is 1. The van der Waals surface area contributed by atoms with E-state index in [1.807, 2.05) is 13.8 Å². The van der Waals surface area contributed by atoms with Crippen molar-refractivity contribution in [2.24, 2.45) is 11.7 Å². The zero-order valence-corrected chi connectivity index (χ0v) is 19.4. The fourth-order valence-electron chi connectivity index (χ4n) is 4.03. The van der Waals surface area contributed by atoms with E-state index < -0.39 is 34.5 Å². The zero-order valence-electron chi connectivity index (χ0n) is 19.4. The van der Waals surface area contributed by atoms with E-state index >= 15 is 0 Å². The molecule has 184 valence electrons. The number of nitrogen functional groups attached to an aromatic ring is 1. The van der Waals surface area contributed by atoms with Crippen molar-refractivity contribution in [1.29, 1.82) is 0 Å². The number of carboxylic acids is 1. The fourth-order valence-corrected chi connectivity index (χ4v) is 4.03. The zero-order chi connectivity index (χ0) is 25.9. The third-order valence-electron chi connectivity index (χ3n) is 5.80. The number of hydrogen-bond donors (Lipinski definition) is 3. The number of nitrogens with two attached hydrogens (primary N) is 2. The fraction of sp³-hybridized carbons (Fsp3) is 0.269. The van der Waals surface area contributed by atoms with Crippen LogP contribution in [0.2, 0.25) is 0 Å². The van der Waals surface area contributed by atoms with Gasteiger partial charge in [0.1, 0.15) is 23.0 Å². The van der Waals surface area contributed by atoms with Crippen LogP contribution in [0.1, 0.15) is 48.2 Å². The molecular formula is C26H27F2N3O4. The van der Waals surface area contributed by atoms with Crippen molar-refractivity contribution < 1.29 is 23.5 Å². The van der Waals surface area contributed by atoms with Crippen molar-refractivity contribution in [2.45, 2.75) is 38.6 Å². The van der Waals surface area contributed by atoms with Crippen LogP contribution >= 0.6 is 0 Å². The largest absolute Gasteiger partial charge is 0.480 e. The molecule has 0 saturated carbocycles. The number of benzene rings is 2. The topological polar surface area (TPSA) is 128 Å². The number of carbonyl (C=O) groups is 2. The van der Waals surface area contributed by atoms with Gasteiger partial charge in [0.2, 0.25) is 0 Å². The molecule has 0 radical (unpaired) electrons. The molecule has 2 aromatic carbocycles. The minimum Gasteiger partial charge on any atom is -0.480 e. The molecule has 0 spiro atoms. The van der Waals surface area contributed by atoms with Gasteiger partial charge in [0.15, 0.2) is 5.78 Å². The van der Waals surface area contributed by atoms with Crippen molar-refractivity contribution in [3.05, 3.63) is 93.3 Å². The summed E-state index contributed by atoms with van der Waals surface area (Å²) in [5.74, 6) is -3.78. The van der Waals surface area contributed by atoms with Crippen molar-refractivity contribution in [3.63, 3.8) is 0 Å². The van der Waals surface area contributed by atoms with E-state index in [4.69, 9.17) is 11.5 Å². The molecule has 5 N–H and O–H groups in total. The second kappa shape index (κ2) is 10.2. The van der Waals surface area contributed by atoms with Gasteiger partial charge in [-0.2, -0.15) is 0 Å². The summed E-state index contributed by atoms with van der Waals surface area (Å²) in [6.45, 7) is 3.82. The number of hydrogen-bond acceptors (Lipinski definition) is 5. The van der Waals surface area contributed by atoms with Crippen LogP contribution in [0.25, 0.3) is 5.69 Å². The Hall–Kier alpha value is -3.85. The SMILES string of the molecule is CC(C)C[C@](N)(CCc1ccc(-n2c(N)c(C(=O)c3ccc(F)cc3F)ccc2=O)cc1)C(=O)O. The Bertz CT molecular complexity index is 1320. The maximum Gasteiger partial charge on any atom is 0.323 e. The number of aryl methyl sites for hydroxylation is 1. The molecule has 0 fully saturated rings. The van der Waals surface area contributed by atoms with Crippen LogP contribution in [0.4, 0.5) is 14.6 Å². The highest BCUT2D eigenvalue weighted by Gasteiger charge is 2.34. The van der Waals surface area contributed by atoms with E-state index in [-0.39, 0.29) is 29.3 Å². The van der Waals surface area contributed by atoms with Crippen LogP contribution in [0.15, 0.2) is 59.4 Å². The summed E-state index contributed by atoms with van der Waals surface area (Å²) in [4.78, 5) is 37.1. The van der Waals surface area contributed by atoms with Gasteiger partial charge in [0.25, 0.3) is 5.56 Å². The third kappa shape index (κ3) is 5.63. The number of aromatic nitrogens is 1. The molecule has 35 heavy (non-hydrogen) atoms. The van der Waals surface area contributed by atoms with Gasteiger partial charge in [-0.25, -0.2) is 8.78 Å². The van der Waals surface area contributed by atoms with Gasteiger partial charge in [-0.05, 0) is 61.1 Å². The normalized spacial score (nSPS) is 13.0. The first-order valence-corrected chi connectivity index (χ1v) is 11.1. The molecule has 0 unspecified atom stereocenters. The minimum atomic E-state index is -1.35. The summed E-state index contributed by atoms with van der Waals surface area (Å²) in [5.41, 5.74) is 11.1. The molecule has 0 bridgehead atoms. The van der Waals surface area contributed by atoms with Crippen molar-refractivity contribution in [3.8, 4) is 5.69 Å². The Kier molecular flexibility index (Phi) is 7.50. The number of pyridine rings is 1. The Morgan fingerprint density at radius 2 is 1.66 bits per heavy atom.